The van der Waals surface area contributed by atoms with Gasteiger partial charge in [0.1, 0.15) is 11.6 Å². The van der Waals surface area contributed by atoms with E-state index < -0.39 is 22.4 Å². The van der Waals surface area contributed by atoms with Crippen molar-refractivity contribution in [1.82, 2.24) is 14.9 Å². The fourth-order valence-electron chi connectivity index (χ4n) is 3.69. The summed E-state index contributed by atoms with van der Waals surface area (Å²) in [6.07, 6.45) is 4.07. The molecular weight excluding hydrogens is 444 g/mol. The molecule has 1 aliphatic carbocycles. The van der Waals surface area contributed by atoms with Gasteiger partial charge in [-0.1, -0.05) is 36.2 Å². The first-order chi connectivity index (χ1) is 14.8. The number of nitrogens with zero attached hydrogens (tertiary/aromatic N) is 2. The standard InChI is InChI=1S/C22H20ClF2N3O2S/c1-12(20(29)26-15-4-2-3-5-15)31-22-27-18-8-6-13(23)10-16(18)21(30)28(22)19-9-7-14(24)11-17(19)25/h6-12,15H,2-5H2,1H3,(H,26,29). The Balaban J connectivity index is 1.78. The Morgan fingerprint density at radius 1 is 1.23 bits per heavy atom. The van der Waals surface area contributed by atoms with E-state index in [1.165, 1.54) is 12.1 Å². The maximum atomic E-state index is 14.6. The van der Waals surface area contributed by atoms with E-state index in [-0.39, 0.29) is 28.2 Å². The number of carbonyl (C=O) groups is 1. The third-order valence-corrected chi connectivity index (χ3v) is 6.59. The first-order valence-electron chi connectivity index (χ1n) is 9.98. The number of nitrogens with one attached hydrogen (secondary N) is 1. The van der Waals surface area contributed by atoms with Gasteiger partial charge in [0.25, 0.3) is 5.56 Å². The molecule has 3 aromatic rings. The summed E-state index contributed by atoms with van der Waals surface area (Å²) in [5.74, 6) is -1.84. The second-order valence-electron chi connectivity index (χ2n) is 7.54. The second kappa shape index (κ2) is 8.96. The first kappa shape index (κ1) is 21.8. The van der Waals surface area contributed by atoms with E-state index in [0.717, 1.165) is 48.1 Å². The smallest absolute Gasteiger partial charge is 0.266 e. The average Bonchev–Trinajstić information content (AvgIpc) is 3.23. The molecule has 31 heavy (non-hydrogen) atoms. The summed E-state index contributed by atoms with van der Waals surface area (Å²) >= 11 is 7.08. The fraction of sp³-hybridized carbons (Fsp3) is 0.318. The number of thioether (sulfide) groups is 1. The van der Waals surface area contributed by atoms with Crippen LogP contribution in [0.3, 0.4) is 0 Å². The predicted molar refractivity (Wildman–Crippen MR) is 118 cm³/mol. The maximum absolute atomic E-state index is 14.6. The highest BCUT2D eigenvalue weighted by Crippen LogP contribution is 2.28. The minimum atomic E-state index is -0.907. The molecular formula is C22H20ClF2N3O2S. The number of hydrogen-bond donors (Lipinski definition) is 1. The van der Waals surface area contributed by atoms with Crippen molar-refractivity contribution < 1.29 is 13.6 Å². The molecule has 1 amide bonds. The summed E-state index contributed by atoms with van der Waals surface area (Å²) in [5.41, 5.74) is -0.324. The number of rotatable bonds is 5. The van der Waals surface area contributed by atoms with Crippen molar-refractivity contribution >= 4 is 40.2 Å². The third-order valence-electron chi connectivity index (χ3n) is 5.30. The van der Waals surface area contributed by atoms with Gasteiger partial charge in [0, 0.05) is 17.1 Å². The van der Waals surface area contributed by atoms with E-state index in [1.54, 1.807) is 19.1 Å². The summed E-state index contributed by atoms with van der Waals surface area (Å²) in [5, 5.41) is 3.11. The van der Waals surface area contributed by atoms with Gasteiger partial charge in [0.2, 0.25) is 5.91 Å². The van der Waals surface area contributed by atoms with Gasteiger partial charge in [-0.3, -0.25) is 14.2 Å². The van der Waals surface area contributed by atoms with Crippen LogP contribution in [0, 0.1) is 11.6 Å². The zero-order chi connectivity index (χ0) is 22.1. The van der Waals surface area contributed by atoms with Crippen molar-refractivity contribution in [3.63, 3.8) is 0 Å². The Labute approximate surface area is 186 Å². The minimum absolute atomic E-state index is 0.138. The Kier molecular flexibility index (Phi) is 6.29. The molecule has 1 aliphatic rings. The van der Waals surface area contributed by atoms with Crippen LogP contribution in [0.2, 0.25) is 5.02 Å². The highest BCUT2D eigenvalue weighted by atomic mass is 35.5. The number of halogens is 3. The summed E-state index contributed by atoms with van der Waals surface area (Å²) in [6.45, 7) is 1.71. The molecule has 5 nitrogen and oxygen atoms in total. The molecule has 1 fully saturated rings. The van der Waals surface area contributed by atoms with Gasteiger partial charge in [-0.2, -0.15) is 0 Å². The molecule has 162 valence electrons. The second-order valence-corrected chi connectivity index (χ2v) is 9.29. The van der Waals surface area contributed by atoms with Gasteiger partial charge in [0.05, 0.1) is 21.8 Å². The van der Waals surface area contributed by atoms with Gasteiger partial charge < -0.3 is 5.32 Å². The highest BCUT2D eigenvalue weighted by molar-refractivity contribution is 8.00. The summed E-state index contributed by atoms with van der Waals surface area (Å²) < 4.78 is 29.1. The number of amides is 1. The molecule has 0 aliphatic heterocycles. The number of carbonyl (C=O) groups excluding carboxylic acids is 1. The van der Waals surface area contributed by atoms with Crippen LogP contribution < -0.4 is 10.9 Å². The van der Waals surface area contributed by atoms with Crippen molar-refractivity contribution in [3.05, 3.63) is 63.4 Å². The molecule has 0 saturated heterocycles. The molecule has 2 aromatic carbocycles. The largest absolute Gasteiger partial charge is 0.352 e. The van der Waals surface area contributed by atoms with Crippen LogP contribution in [-0.4, -0.2) is 26.8 Å². The van der Waals surface area contributed by atoms with Gasteiger partial charge in [-0.25, -0.2) is 13.8 Å². The lowest BCUT2D eigenvalue weighted by Crippen LogP contribution is -2.38. The van der Waals surface area contributed by atoms with Crippen LogP contribution in [-0.2, 0) is 4.79 Å². The van der Waals surface area contributed by atoms with Crippen molar-refractivity contribution in [3.8, 4) is 5.69 Å². The Bertz CT molecular complexity index is 1210. The molecule has 1 heterocycles. The summed E-state index contributed by atoms with van der Waals surface area (Å²) in [6, 6.07) is 7.75. The van der Waals surface area contributed by atoms with Crippen LogP contribution in [0.1, 0.15) is 32.6 Å². The van der Waals surface area contributed by atoms with Gasteiger partial charge in [-0.05, 0) is 50.1 Å². The van der Waals surface area contributed by atoms with E-state index in [2.05, 4.69) is 10.3 Å². The minimum Gasteiger partial charge on any atom is -0.352 e. The normalized spacial score (nSPS) is 15.4. The van der Waals surface area contributed by atoms with Gasteiger partial charge >= 0.3 is 0 Å². The Hall–Kier alpha value is -2.45. The van der Waals surface area contributed by atoms with Crippen LogP contribution in [0.25, 0.3) is 16.6 Å². The number of aromatic nitrogens is 2. The topological polar surface area (TPSA) is 64.0 Å². The lowest BCUT2D eigenvalue weighted by molar-refractivity contribution is -0.120. The monoisotopic (exact) mass is 463 g/mol. The summed E-state index contributed by atoms with van der Waals surface area (Å²) in [7, 11) is 0. The van der Waals surface area contributed by atoms with Crippen LogP contribution in [0.15, 0.2) is 46.3 Å². The van der Waals surface area contributed by atoms with Crippen molar-refractivity contribution in [2.75, 3.05) is 0 Å². The quantitative estimate of drug-likeness (QED) is 0.433. The number of benzene rings is 2. The third kappa shape index (κ3) is 4.60. The van der Waals surface area contributed by atoms with Crippen LogP contribution in [0.5, 0.6) is 0 Å². The highest BCUT2D eigenvalue weighted by Gasteiger charge is 2.24. The van der Waals surface area contributed by atoms with Crippen LogP contribution in [0.4, 0.5) is 8.78 Å². The number of hydrogen-bond acceptors (Lipinski definition) is 4. The molecule has 4 rings (SSSR count). The Morgan fingerprint density at radius 3 is 2.68 bits per heavy atom. The molecule has 0 bridgehead atoms. The van der Waals surface area contributed by atoms with Gasteiger partial charge in [-0.15, -0.1) is 0 Å². The summed E-state index contributed by atoms with van der Waals surface area (Å²) in [4.78, 5) is 30.4. The molecule has 1 saturated carbocycles. The molecule has 9 heteroatoms. The van der Waals surface area contributed by atoms with Crippen molar-refractivity contribution in [2.24, 2.45) is 0 Å². The number of fused-ring (bicyclic) bond motifs is 1. The van der Waals surface area contributed by atoms with Gasteiger partial charge in [0.15, 0.2) is 5.16 Å². The lowest BCUT2D eigenvalue weighted by atomic mass is 10.2. The van der Waals surface area contributed by atoms with E-state index >= 15 is 0 Å². The first-order valence-corrected chi connectivity index (χ1v) is 11.2. The average molecular weight is 464 g/mol. The van der Waals surface area contributed by atoms with Crippen molar-refractivity contribution in [2.45, 2.75) is 49.1 Å². The molecule has 0 spiro atoms. The molecule has 0 radical (unpaired) electrons. The van der Waals surface area contributed by atoms with Crippen molar-refractivity contribution in [1.29, 1.82) is 0 Å². The molecule has 1 N–H and O–H groups in total. The Morgan fingerprint density at radius 2 is 1.97 bits per heavy atom. The zero-order valence-electron chi connectivity index (χ0n) is 16.7. The maximum Gasteiger partial charge on any atom is 0.266 e. The zero-order valence-corrected chi connectivity index (χ0v) is 18.3. The lowest BCUT2D eigenvalue weighted by Gasteiger charge is -2.18. The fourth-order valence-corrected chi connectivity index (χ4v) is 4.79. The van der Waals surface area contributed by atoms with E-state index in [0.29, 0.717) is 16.6 Å². The van der Waals surface area contributed by atoms with E-state index in [9.17, 15) is 18.4 Å². The molecule has 1 atom stereocenters. The SMILES string of the molecule is CC(Sc1nc2ccc(Cl)cc2c(=O)n1-c1ccc(F)cc1F)C(=O)NC1CCCC1. The molecule has 1 unspecified atom stereocenters. The predicted octanol–water partition coefficient (Wildman–Crippen LogP) is 4.86. The van der Waals surface area contributed by atoms with Crippen LogP contribution >= 0.6 is 23.4 Å². The molecule has 1 aromatic heterocycles. The van der Waals surface area contributed by atoms with E-state index in [4.69, 9.17) is 11.6 Å². The van der Waals surface area contributed by atoms with E-state index in [1.807, 2.05) is 0 Å².